The van der Waals surface area contributed by atoms with Crippen LogP contribution >= 0.6 is 0 Å². The fourth-order valence-corrected chi connectivity index (χ4v) is 6.37. The van der Waals surface area contributed by atoms with Crippen LogP contribution in [0.4, 0.5) is 11.4 Å². The Balaban J connectivity index is 1.53. The van der Waals surface area contributed by atoms with Crippen molar-refractivity contribution in [2.75, 3.05) is 18.5 Å². The van der Waals surface area contributed by atoms with Gasteiger partial charge < -0.3 is 15.0 Å². The van der Waals surface area contributed by atoms with Gasteiger partial charge in [-0.1, -0.05) is 24.3 Å². The smallest absolute Gasteiger partial charge is 0.294 e. The summed E-state index contributed by atoms with van der Waals surface area (Å²) < 4.78 is 40.1. The fraction of sp³-hybridized carbons (Fsp3) is 0.346. The molecule has 176 valence electrons. The first kappa shape index (κ1) is 21.6. The van der Waals surface area contributed by atoms with Crippen molar-refractivity contribution in [3.8, 4) is 5.75 Å². The average molecular weight is 478 g/mol. The molecule has 2 atom stereocenters. The molecule has 7 nitrogen and oxygen atoms in total. The van der Waals surface area contributed by atoms with E-state index in [4.69, 9.17) is 9.73 Å². The quantitative estimate of drug-likeness (QED) is 0.519. The van der Waals surface area contributed by atoms with Gasteiger partial charge in [-0.05, 0) is 74.0 Å². The van der Waals surface area contributed by atoms with Gasteiger partial charge in [0.2, 0.25) is 5.72 Å². The number of aliphatic imine (C=N–C) groups is 1. The molecule has 3 aliphatic heterocycles. The third-order valence-corrected chi connectivity index (χ3v) is 8.63. The van der Waals surface area contributed by atoms with Crippen LogP contribution in [0.3, 0.4) is 0 Å². The Kier molecular flexibility index (Phi) is 4.47. The summed E-state index contributed by atoms with van der Waals surface area (Å²) in [5, 5.41) is 5.84. The van der Waals surface area contributed by atoms with Crippen LogP contribution < -0.4 is 15.0 Å². The van der Waals surface area contributed by atoms with Crippen molar-refractivity contribution in [1.82, 2.24) is 5.32 Å². The van der Waals surface area contributed by atoms with E-state index in [2.05, 4.69) is 29.6 Å². The van der Waals surface area contributed by atoms with Gasteiger partial charge in [0.15, 0.2) is 0 Å². The van der Waals surface area contributed by atoms with Crippen molar-refractivity contribution in [3.63, 3.8) is 0 Å². The van der Waals surface area contributed by atoms with E-state index in [1.807, 2.05) is 38.1 Å². The van der Waals surface area contributed by atoms with E-state index < -0.39 is 21.3 Å². The molecule has 2 unspecified atom stereocenters. The maximum atomic E-state index is 11.8. The molecule has 1 spiro atoms. The summed E-state index contributed by atoms with van der Waals surface area (Å²) in [5.74, 6) is 0.715. The van der Waals surface area contributed by atoms with E-state index in [-0.39, 0.29) is 10.9 Å². The van der Waals surface area contributed by atoms with Gasteiger partial charge in [-0.2, -0.15) is 8.42 Å². The molecule has 0 bridgehead atoms. The highest BCUT2D eigenvalue weighted by molar-refractivity contribution is 7.85. The number of benzene rings is 3. The molecule has 6 rings (SSSR count). The maximum absolute atomic E-state index is 11.8. The van der Waals surface area contributed by atoms with Crippen LogP contribution in [-0.4, -0.2) is 38.5 Å². The van der Waals surface area contributed by atoms with Gasteiger partial charge in [0.1, 0.15) is 11.4 Å². The molecule has 0 amide bonds. The van der Waals surface area contributed by atoms with Gasteiger partial charge in [-0.3, -0.25) is 9.55 Å². The zero-order chi connectivity index (χ0) is 23.9. The Morgan fingerprint density at radius 1 is 1.15 bits per heavy atom. The summed E-state index contributed by atoms with van der Waals surface area (Å²) in [6.07, 6.45) is 4.05. The number of ether oxygens (including phenoxy) is 1. The molecule has 0 aromatic heterocycles. The number of hydrogen-bond donors (Lipinski definition) is 2. The highest BCUT2D eigenvalue weighted by Crippen LogP contribution is 2.55. The van der Waals surface area contributed by atoms with Crippen LogP contribution in [0.2, 0.25) is 0 Å². The summed E-state index contributed by atoms with van der Waals surface area (Å²) in [6.45, 7) is 5.03. The molecular weight excluding hydrogens is 450 g/mol. The number of hydrogen-bond acceptors (Lipinski definition) is 6. The summed E-state index contributed by atoms with van der Waals surface area (Å²) in [6, 6.07) is 15.4. The largest absolute Gasteiger partial charge is 0.459 e. The van der Waals surface area contributed by atoms with Crippen LogP contribution in [0, 0.1) is 0 Å². The van der Waals surface area contributed by atoms with E-state index >= 15 is 0 Å². The average Bonchev–Trinajstić information content (AvgIpc) is 3.40. The van der Waals surface area contributed by atoms with Gasteiger partial charge >= 0.3 is 0 Å². The van der Waals surface area contributed by atoms with Gasteiger partial charge in [0.05, 0.1) is 16.5 Å². The molecule has 2 N–H and O–H groups in total. The van der Waals surface area contributed by atoms with Crippen LogP contribution in [-0.2, 0) is 15.5 Å². The first-order chi connectivity index (χ1) is 16.1. The van der Waals surface area contributed by atoms with Crippen LogP contribution in [0.5, 0.6) is 5.75 Å². The minimum Gasteiger partial charge on any atom is -0.459 e. The van der Waals surface area contributed by atoms with Crippen molar-refractivity contribution in [1.29, 1.82) is 0 Å². The predicted molar refractivity (Wildman–Crippen MR) is 133 cm³/mol. The predicted octanol–water partition coefficient (Wildman–Crippen LogP) is 4.73. The lowest BCUT2D eigenvalue weighted by atomic mass is 9.77. The Morgan fingerprint density at radius 2 is 1.91 bits per heavy atom. The number of fused-ring (bicyclic) bond motifs is 4. The summed E-state index contributed by atoms with van der Waals surface area (Å²) in [4.78, 5) is 6.82. The van der Waals surface area contributed by atoms with E-state index in [1.165, 1.54) is 23.1 Å². The number of nitrogens with one attached hydrogen (secondary N) is 1. The van der Waals surface area contributed by atoms with Gasteiger partial charge in [0, 0.05) is 24.2 Å². The Labute approximate surface area is 199 Å². The van der Waals surface area contributed by atoms with Crippen LogP contribution in [0.25, 0.3) is 10.8 Å². The molecule has 3 aromatic rings. The standard InChI is InChI=1S/C26H27N3O4S/c1-25(2)20-13-16(34(30,31)32)10-11-22(20)29(3)26(25)15-28-24-18-8-5-4-7-17(18)19(14-23(24)33-26)21-9-6-12-27-21/h4-5,7-8,10-11,13-15,21,27H,6,9,12H2,1-3H3,(H,30,31,32). The molecule has 8 heteroatoms. The molecule has 0 radical (unpaired) electrons. The molecule has 34 heavy (non-hydrogen) atoms. The third-order valence-electron chi connectivity index (χ3n) is 7.78. The number of anilines is 1. The van der Waals surface area contributed by atoms with E-state index in [9.17, 15) is 13.0 Å². The Bertz CT molecular complexity index is 1470. The molecule has 1 fully saturated rings. The summed E-state index contributed by atoms with van der Waals surface area (Å²) in [5.41, 5.74) is 2.02. The highest BCUT2D eigenvalue weighted by Gasteiger charge is 2.59. The fourth-order valence-electron chi connectivity index (χ4n) is 5.86. The lowest BCUT2D eigenvalue weighted by Crippen LogP contribution is -2.61. The normalized spacial score (nSPS) is 24.9. The van der Waals surface area contributed by atoms with Gasteiger partial charge in [-0.25, -0.2) is 0 Å². The molecule has 1 saturated heterocycles. The molecule has 3 heterocycles. The van der Waals surface area contributed by atoms with Crippen LogP contribution in [0.1, 0.15) is 43.9 Å². The first-order valence-electron chi connectivity index (χ1n) is 11.5. The summed E-state index contributed by atoms with van der Waals surface area (Å²) >= 11 is 0. The van der Waals surface area contributed by atoms with Crippen molar-refractivity contribution in [3.05, 3.63) is 59.7 Å². The van der Waals surface area contributed by atoms with E-state index in [0.29, 0.717) is 5.75 Å². The minimum atomic E-state index is -4.32. The number of rotatable bonds is 2. The summed E-state index contributed by atoms with van der Waals surface area (Å²) in [7, 11) is -2.39. The molecule has 0 saturated carbocycles. The third kappa shape index (κ3) is 2.82. The topological polar surface area (TPSA) is 91.2 Å². The lowest BCUT2D eigenvalue weighted by Gasteiger charge is -2.45. The number of likely N-dealkylation sites (N-methyl/N-ethyl adjacent to an activating group) is 1. The monoisotopic (exact) mass is 477 g/mol. The minimum absolute atomic E-state index is 0.126. The van der Waals surface area contributed by atoms with E-state index in [1.54, 1.807) is 6.07 Å². The zero-order valence-corrected chi connectivity index (χ0v) is 20.2. The second-order valence-electron chi connectivity index (χ2n) is 9.90. The maximum Gasteiger partial charge on any atom is 0.294 e. The zero-order valence-electron chi connectivity index (χ0n) is 19.4. The molecular formula is C26H27N3O4S. The second-order valence-corrected chi connectivity index (χ2v) is 11.3. The Morgan fingerprint density at radius 3 is 2.62 bits per heavy atom. The van der Waals surface area contributed by atoms with Crippen LogP contribution in [0.15, 0.2) is 58.4 Å². The van der Waals surface area contributed by atoms with E-state index in [0.717, 1.165) is 41.7 Å². The van der Waals surface area contributed by atoms with Gasteiger partial charge in [0.25, 0.3) is 10.1 Å². The van der Waals surface area contributed by atoms with Crippen molar-refractivity contribution >= 4 is 38.5 Å². The first-order valence-corrected chi connectivity index (χ1v) is 13.0. The SMILES string of the molecule is CN1c2ccc(S(=O)(=O)O)cc2C(C)(C)C12C=Nc1c(cc(C3CCCN3)c3ccccc13)O2. The molecule has 3 aliphatic rings. The van der Waals surface area contributed by atoms with Crippen molar-refractivity contribution in [2.24, 2.45) is 4.99 Å². The lowest BCUT2D eigenvalue weighted by molar-refractivity contribution is 0.0824. The molecule has 0 aliphatic carbocycles. The highest BCUT2D eigenvalue weighted by atomic mass is 32.2. The van der Waals surface area contributed by atoms with Crippen molar-refractivity contribution in [2.45, 2.75) is 48.8 Å². The number of nitrogens with zero attached hydrogens (tertiary/aromatic N) is 2. The van der Waals surface area contributed by atoms with Crippen molar-refractivity contribution < 1.29 is 17.7 Å². The Hall–Kier alpha value is -2.94. The van der Waals surface area contributed by atoms with Gasteiger partial charge in [-0.15, -0.1) is 0 Å². The molecule has 3 aromatic carbocycles. The second kappa shape index (κ2) is 7.04.